The van der Waals surface area contributed by atoms with Crippen molar-refractivity contribution in [1.29, 1.82) is 0 Å². The van der Waals surface area contributed by atoms with Gasteiger partial charge in [-0.25, -0.2) is 0 Å². The summed E-state index contributed by atoms with van der Waals surface area (Å²) >= 11 is 0. The summed E-state index contributed by atoms with van der Waals surface area (Å²) < 4.78 is 10.4. The van der Waals surface area contributed by atoms with Gasteiger partial charge in [0, 0.05) is 11.5 Å². The second-order valence-electron chi connectivity index (χ2n) is 3.89. The summed E-state index contributed by atoms with van der Waals surface area (Å²) in [4.78, 5) is 10.8. The van der Waals surface area contributed by atoms with Crippen molar-refractivity contribution in [1.82, 2.24) is 0 Å². The third kappa shape index (κ3) is 1.83. The molecule has 1 aliphatic rings. The molecule has 1 aromatic carbocycles. The highest BCUT2D eigenvalue weighted by Crippen LogP contribution is 2.51. The van der Waals surface area contributed by atoms with Crippen molar-refractivity contribution in [2.45, 2.75) is 12.3 Å². The highest BCUT2D eigenvalue weighted by Gasteiger charge is 2.45. The molecule has 0 bridgehead atoms. The molecule has 0 aromatic heterocycles. The summed E-state index contributed by atoms with van der Waals surface area (Å²) in [5, 5.41) is 8.90. The van der Waals surface area contributed by atoms with Crippen LogP contribution in [0.5, 0.6) is 11.5 Å². The highest BCUT2D eigenvalue weighted by atomic mass is 16.5. The van der Waals surface area contributed by atoms with Gasteiger partial charge in [-0.3, -0.25) is 4.79 Å². The molecule has 1 aromatic rings. The Hall–Kier alpha value is -1.71. The summed E-state index contributed by atoms with van der Waals surface area (Å²) in [7, 11) is 3.18. The molecule has 86 valence electrons. The van der Waals surface area contributed by atoms with Gasteiger partial charge in [0.05, 0.1) is 20.1 Å². The second kappa shape index (κ2) is 4.04. The topological polar surface area (TPSA) is 55.8 Å². The average Bonchev–Trinajstić information content (AvgIpc) is 3.08. The first-order chi connectivity index (χ1) is 7.67. The van der Waals surface area contributed by atoms with E-state index < -0.39 is 5.97 Å². The molecule has 16 heavy (non-hydrogen) atoms. The number of ether oxygens (including phenoxy) is 2. The van der Waals surface area contributed by atoms with Crippen molar-refractivity contribution in [2.24, 2.45) is 5.92 Å². The fourth-order valence-electron chi connectivity index (χ4n) is 1.94. The molecule has 1 N–H and O–H groups in total. The molecule has 1 fully saturated rings. The predicted octanol–water partition coefficient (Wildman–Crippen LogP) is 1.89. The summed E-state index contributed by atoms with van der Waals surface area (Å²) in [6, 6.07) is 5.47. The number of hydrogen-bond acceptors (Lipinski definition) is 3. The van der Waals surface area contributed by atoms with Crippen LogP contribution in [0.15, 0.2) is 18.2 Å². The third-order valence-electron chi connectivity index (χ3n) is 2.94. The SMILES string of the molecule is COc1ccc(OC)c([C@H]2C[C@@H]2C(=O)O)c1. The van der Waals surface area contributed by atoms with Crippen LogP contribution in [-0.4, -0.2) is 25.3 Å². The van der Waals surface area contributed by atoms with Gasteiger partial charge in [0.25, 0.3) is 0 Å². The first kappa shape index (κ1) is 10.8. The molecule has 0 aliphatic heterocycles. The van der Waals surface area contributed by atoms with Gasteiger partial charge in [0.2, 0.25) is 0 Å². The fourth-order valence-corrected chi connectivity index (χ4v) is 1.94. The van der Waals surface area contributed by atoms with Crippen LogP contribution in [0.3, 0.4) is 0 Å². The predicted molar refractivity (Wildman–Crippen MR) is 58.0 cm³/mol. The van der Waals surface area contributed by atoms with Gasteiger partial charge in [-0.05, 0) is 24.6 Å². The van der Waals surface area contributed by atoms with Crippen molar-refractivity contribution in [3.63, 3.8) is 0 Å². The number of methoxy groups -OCH3 is 2. The smallest absolute Gasteiger partial charge is 0.307 e. The van der Waals surface area contributed by atoms with E-state index in [0.29, 0.717) is 6.42 Å². The Morgan fingerprint density at radius 3 is 2.62 bits per heavy atom. The summed E-state index contributed by atoms with van der Waals surface area (Å²) in [6.45, 7) is 0. The minimum absolute atomic E-state index is 0.0579. The molecule has 0 unspecified atom stereocenters. The van der Waals surface area contributed by atoms with Crippen LogP contribution in [0.25, 0.3) is 0 Å². The minimum Gasteiger partial charge on any atom is -0.497 e. The maximum Gasteiger partial charge on any atom is 0.307 e. The summed E-state index contributed by atoms with van der Waals surface area (Å²) in [6.07, 6.45) is 0.679. The molecule has 4 heteroatoms. The van der Waals surface area contributed by atoms with Gasteiger partial charge in [-0.15, -0.1) is 0 Å². The van der Waals surface area contributed by atoms with Crippen LogP contribution in [-0.2, 0) is 4.79 Å². The van der Waals surface area contributed by atoms with Gasteiger partial charge in [0.1, 0.15) is 11.5 Å². The fraction of sp³-hybridized carbons (Fsp3) is 0.417. The number of carboxylic acids is 1. The number of rotatable bonds is 4. The Labute approximate surface area is 93.8 Å². The normalized spacial score (nSPS) is 22.6. The summed E-state index contributed by atoms with van der Waals surface area (Å²) in [5.74, 6) is 0.500. The van der Waals surface area contributed by atoms with E-state index in [1.165, 1.54) is 0 Å². The minimum atomic E-state index is -0.741. The molecule has 0 saturated heterocycles. The lowest BCUT2D eigenvalue weighted by Gasteiger charge is -2.09. The molecule has 2 atom stereocenters. The van der Waals surface area contributed by atoms with Gasteiger partial charge < -0.3 is 14.6 Å². The Bertz CT molecular complexity index is 413. The lowest BCUT2D eigenvalue weighted by molar-refractivity contribution is -0.138. The van der Waals surface area contributed by atoms with E-state index in [1.807, 2.05) is 12.1 Å². The molecule has 4 nitrogen and oxygen atoms in total. The number of carboxylic acid groups (broad SMARTS) is 1. The van der Waals surface area contributed by atoms with E-state index >= 15 is 0 Å². The number of benzene rings is 1. The van der Waals surface area contributed by atoms with Crippen molar-refractivity contribution >= 4 is 5.97 Å². The van der Waals surface area contributed by atoms with Crippen LogP contribution in [0.1, 0.15) is 17.9 Å². The monoisotopic (exact) mass is 222 g/mol. The van der Waals surface area contributed by atoms with Gasteiger partial charge in [0.15, 0.2) is 0 Å². The molecule has 2 rings (SSSR count). The maximum atomic E-state index is 10.8. The maximum absolute atomic E-state index is 10.8. The van der Waals surface area contributed by atoms with Gasteiger partial charge in [-0.2, -0.15) is 0 Å². The van der Waals surface area contributed by atoms with Crippen molar-refractivity contribution in [3.05, 3.63) is 23.8 Å². The zero-order valence-electron chi connectivity index (χ0n) is 9.27. The van der Waals surface area contributed by atoms with Crippen LogP contribution < -0.4 is 9.47 Å². The van der Waals surface area contributed by atoms with Gasteiger partial charge >= 0.3 is 5.97 Å². The number of aliphatic carboxylic acids is 1. The Kier molecular flexibility index (Phi) is 2.73. The van der Waals surface area contributed by atoms with Crippen molar-refractivity contribution in [2.75, 3.05) is 14.2 Å². The Morgan fingerprint density at radius 2 is 2.12 bits per heavy atom. The first-order valence-electron chi connectivity index (χ1n) is 5.12. The Morgan fingerprint density at radius 1 is 1.38 bits per heavy atom. The van der Waals surface area contributed by atoms with Crippen LogP contribution in [0, 0.1) is 5.92 Å². The lowest BCUT2D eigenvalue weighted by atomic mass is 10.1. The highest BCUT2D eigenvalue weighted by molar-refractivity contribution is 5.75. The van der Waals surface area contributed by atoms with E-state index in [0.717, 1.165) is 17.1 Å². The molecule has 0 spiro atoms. The number of carbonyl (C=O) groups is 1. The van der Waals surface area contributed by atoms with E-state index in [1.54, 1.807) is 20.3 Å². The summed E-state index contributed by atoms with van der Waals surface area (Å²) in [5.41, 5.74) is 0.925. The van der Waals surface area contributed by atoms with Crippen LogP contribution in [0.4, 0.5) is 0 Å². The molecule has 0 radical (unpaired) electrons. The number of hydrogen-bond donors (Lipinski definition) is 1. The molecular formula is C12H14O4. The lowest BCUT2D eigenvalue weighted by Crippen LogP contribution is -2.00. The van der Waals surface area contributed by atoms with E-state index in [9.17, 15) is 4.79 Å². The third-order valence-corrected chi connectivity index (χ3v) is 2.94. The molecule has 1 aliphatic carbocycles. The molecule has 1 saturated carbocycles. The zero-order chi connectivity index (χ0) is 11.7. The molecule has 0 heterocycles. The van der Waals surface area contributed by atoms with E-state index in [-0.39, 0.29) is 11.8 Å². The molecule has 0 amide bonds. The largest absolute Gasteiger partial charge is 0.497 e. The molecular weight excluding hydrogens is 208 g/mol. The second-order valence-corrected chi connectivity index (χ2v) is 3.89. The average molecular weight is 222 g/mol. The Balaban J connectivity index is 2.28. The van der Waals surface area contributed by atoms with Gasteiger partial charge in [-0.1, -0.05) is 0 Å². The zero-order valence-corrected chi connectivity index (χ0v) is 9.27. The van der Waals surface area contributed by atoms with Crippen LogP contribution in [0.2, 0.25) is 0 Å². The standard InChI is InChI=1S/C12H14O4/c1-15-7-3-4-11(16-2)9(5-7)8-6-10(8)12(13)14/h3-5,8,10H,6H2,1-2H3,(H,13,14)/t8-,10+/m1/s1. The van der Waals surface area contributed by atoms with Crippen molar-refractivity contribution in [3.8, 4) is 11.5 Å². The first-order valence-corrected chi connectivity index (χ1v) is 5.12. The quantitative estimate of drug-likeness (QED) is 0.845. The van der Waals surface area contributed by atoms with E-state index in [4.69, 9.17) is 14.6 Å². The van der Waals surface area contributed by atoms with Crippen LogP contribution >= 0.6 is 0 Å². The van der Waals surface area contributed by atoms with E-state index in [2.05, 4.69) is 0 Å². The van der Waals surface area contributed by atoms with Crippen molar-refractivity contribution < 1.29 is 19.4 Å².